The first-order chi connectivity index (χ1) is 18.5. The predicted octanol–water partition coefficient (Wildman–Crippen LogP) is 4.89. The Kier molecular flexibility index (Phi) is 10.0. The molecule has 0 aromatic heterocycles. The first kappa shape index (κ1) is 29.6. The molecule has 0 saturated carbocycles. The van der Waals surface area contributed by atoms with Gasteiger partial charge in [-0.3, -0.25) is 14.4 Å². The highest BCUT2D eigenvalue weighted by molar-refractivity contribution is 6.13. The number of Topliss-reactive ketones (excluding diaryl/α,β-unsaturated/α-hetero) is 1. The zero-order valence-electron chi connectivity index (χ0n) is 23.3. The van der Waals surface area contributed by atoms with E-state index < -0.39 is 11.6 Å². The van der Waals surface area contributed by atoms with E-state index in [4.69, 9.17) is 11.5 Å². The average molecular weight is 529 g/mol. The number of rotatable bonds is 12. The lowest BCUT2D eigenvalue weighted by Crippen LogP contribution is -2.45. The van der Waals surface area contributed by atoms with Crippen molar-refractivity contribution in [2.24, 2.45) is 5.73 Å². The van der Waals surface area contributed by atoms with Crippen molar-refractivity contribution < 1.29 is 14.4 Å². The minimum absolute atomic E-state index is 0.0694. The van der Waals surface area contributed by atoms with E-state index in [2.05, 4.69) is 10.6 Å². The van der Waals surface area contributed by atoms with Crippen LogP contribution < -0.4 is 22.1 Å². The van der Waals surface area contributed by atoms with Gasteiger partial charge in [-0.1, -0.05) is 66.7 Å². The molecule has 7 nitrogen and oxygen atoms in total. The van der Waals surface area contributed by atoms with Gasteiger partial charge in [-0.2, -0.15) is 0 Å². The number of ketones is 1. The lowest BCUT2D eigenvalue weighted by Gasteiger charge is -2.23. The molecule has 0 aliphatic heterocycles. The Bertz CT molecular complexity index is 1280. The zero-order valence-corrected chi connectivity index (χ0v) is 23.3. The van der Waals surface area contributed by atoms with E-state index in [0.717, 1.165) is 17.5 Å². The highest BCUT2D eigenvalue weighted by Gasteiger charge is 2.28. The largest absolute Gasteiger partial charge is 0.397 e. The van der Waals surface area contributed by atoms with Crippen molar-refractivity contribution in [3.63, 3.8) is 0 Å². The summed E-state index contributed by atoms with van der Waals surface area (Å²) in [6, 6.07) is 21.9. The number of hydrogen-bond acceptors (Lipinski definition) is 5. The summed E-state index contributed by atoms with van der Waals surface area (Å²) in [6.07, 6.45) is 1.92. The highest BCUT2D eigenvalue weighted by Crippen LogP contribution is 2.31. The second-order valence-corrected chi connectivity index (χ2v) is 11.0. The number of carbonyl (C=O) groups excluding carboxylic acids is 3. The number of aryl methyl sites for hydroxylation is 1. The molecule has 0 heterocycles. The summed E-state index contributed by atoms with van der Waals surface area (Å²) in [5.41, 5.74) is 15.1. The lowest BCUT2D eigenvalue weighted by molar-refractivity contribution is -0.122. The molecule has 7 heteroatoms. The molecule has 3 aromatic carbocycles. The Balaban J connectivity index is 1.97. The van der Waals surface area contributed by atoms with Crippen molar-refractivity contribution >= 4 is 23.3 Å². The molecule has 0 fully saturated rings. The molecule has 0 bridgehead atoms. The van der Waals surface area contributed by atoms with Gasteiger partial charge in [0.15, 0.2) is 5.78 Å². The van der Waals surface area contributed by atoms with Gasteiger partial charge < -0.3 is 22.1 Å². The maximum absolute atomic E-state index is 13.9. The molecule has 39 heavy (non-hydrogen) atoms. The van der Waals surface area contributed by atoms with Crippen LogP contribution in [0.4, 0.5) is 5.69 Å². The Labute approximate surface area is 231 Å². The molecule has 3 rings (SSSR count). The number of amides is 2. The summed E-state index contributed by atoms with van der Waals surface area (Å²) in [5, 5.41) is 5.79. The Morgan fingerprint density at radius 3 is 2.08 bits per heavy atom. The van der Waals surface area contributed by atoms with Gasteiger partial charge in [0.2, 0.25) is 5.91 Å². The van der Waals surface area contributed by atoms with Crippen molar-refractivity contribution in [1.29, 1.82) is 0 Å². The predicted molar refractivity (Wildman–Crippen MR) is 157 cm³/mol. The zero-order chi connectivity index (χ0) is 28.6. The number of nitrogen functional groups attached to an aromatic ring is 1. The van der Waals surface area contributed by atoms with Crippen LogP contribution in [0, 0.1) is 0 Å². The van der Waals surface area contributed by atoms with E-state index in [0.29, 0.717) is 18.4 Å². The van der Waals surface area contributed by atoms with E-state index in [-0.39, 0.29) is 46.9 Å². The van der Waals surface area contributed by atoms with Crippen molar-refractivity contribution in [1.82, 2.24) is 10.6 Å². The first-order valence-corrected chi connectivity index (χ1v) is 13.4. The van der Waals surface area contributed by atoms with Gasteiger partial charge in [-0.25, -0.2) is 0 Å². The number of carbonyl (C=O) groups is 3. The number of nitrogens with two attached hydrogens (primary N) is 2. The number of hydrogen-bond donors (Lipinski definition) is 4. The minimum atomic E-state index is -0.811. The third-order valence-electron chi connectivity index (χ3n) is 6.31. The summed E-state index contributed by atoms with van der Waals surface area (Å²) in [7, 11) is 0. The standard InChI is InChI=1S/C32H40N4O3/c1-21(2)35-31(39)28-24(23-15-9-6-10-16-23)18-19-25(29(28)33)30(38)26(36-27(37)20-32(3,4)34)17-11-14-22-12-7-5-8-13-22/h5-10,12-13,15-16,18-19,21,26H,11,14,17,20,33-34H2,1-4H3,(H,35,39)(H,36,37). The molecule has 3 aromatic rings. The Morgan fingerprint density at radius 2 is 1.49 bits per heavy atom. The van der Waals surface area contributed by atoms with Gasteiger partial charge in [-0.15, -0.1) is 0 Å². The van der Waals surface area contributed by atoms with Crippen LogP contribution in [0.3, 0.4) is 0 Å². The Hall–Kier alpha value is -3.97. The second-order valence-electron chi connectivity index (χ2n) is 11.0. The first-order valence-electron chi connectivity index (χ1n) is 13.4. The maximum Gasteiger partial charge on any atom is 0.254 e. The molecule has 6 N–H and O–H groups in total. The van der Waals surface area contributed by atoms with Gasteiger partial charge in [0.25, 0.3) is 5.91 Å². The van der Waals surface area contributed by atoms with Crippen molar-refractivity contribution in [3.05, 3.63) is 89.5 Å². The second kappa shape index (κ2) is 13.2. The molecule has 0 aliphatic rings. The third kappa shape index (κ3) is 8.52. The highest BCUT2D eigenvalue weighted by atomic mass is 16.2. The van der Waals surface area contributed by atoms with Crippen LogP contribution in [-0.4, -0.2) is 35.2 Å². The Morgan fingerprint density at radius 1 is 0.872 bits per heavy atom. The quantitative estimate of drug-likeness (QED) is 0.197. The average Bonchev–Trinajstić information content (AvgIpc) is 2.87. The van der Waals surface area contributed by atoms with Crippen LogP contribution in [0.15, 0.2) is 72.8 Å². The topological polar surface area (TPSA) is 127 Å². The molecule has 0 radical (unpaired) electrons. The summed E-state index contributed by atoms with van der Waals surface area (Å²) in [5.74, 6) is -0.995. The van der Waals surface area contributed by atoms with E-state index in [1.54, 1.807) is 26.0 Å². The van der Waals surface area contributed by atoms with Crippen molar-refractivity contribution in [2.45, 2.75) is 71.0 Å². The minimum Gasteiger partial charge on any atom is -0.397 e. The van der Waals surface area contributed by atoms with Gasteiger partial charge in [0.1, 0.15) is 0 Å². The van der Waals surface area contributed by atoms with Crippen molar-refractivity contribution in [3.8, 4) is 11.1 Å². The maximum atomic E-state index is 13.9. The van der Waals surface area contributed by atoms with Gasteiger partial charge >= 0.3 is 0 Å². The molecular formula is C32H40N4O3. The molecule has 1 unspecified atom stereocenters. The molecular weight excluding hydrogens is 488 g/mol. The summed E-state index contributed by atoms with van der Waals surface area (Å²) < 4.78 is 0. The fraction of sp³-hybridized carbons (Fsp3) is 0.344. The molecule has 0 saturated heterocycles. The van der Waals surface area contributed by atoms with E-state index in [9.17, 15) is 14.4 Å². The van der Waals surface area contributed by atoms with E-state index in [1.165, 1.54) is 0 Å². The van der Waals surface area contributed by atoms with Crippen LogP contribution >= 0.6 is 0 Å². The van der Waals surface area contributed by atoms with Gasteiger partial charge in [0.05, 0.1) is 17.3 Å². The fourth-order valence-electron chi connectivity index (χ4n) is 4.54. The van der Waals surface area contributed by atoms with E-state index in [1.807, 2.05) is 74.5 Å². The number of nitrogens with one attached hydrogen (secondary N) is 2. The molecule has 2 amide bonds. The molecule has 206 valence electrons. The SMILES string of the molecule is CC(C)NC(=O)c1c(-c2ccccc2)ccc(C(=O)C(CCCc2ccccc2)NC(=O)CC(C)(C)N)c1N. The third-order valence-corrected chi connectivity index (χ3v) is 6.31. The lowest BCUT2D eigenvalue weighted by atomic mass is 9.90. The summed E-state index contributed by atoms with van der Waals surface area (Å²) in [6.45, 7) is 7.25. The van der Waals surface area contributed by atoms with Crippen LogP contribution in [0.5, 0.6) is 0 Å². The summed E-state index contributed by atoms with van der Waals surface area (Å²) in [4.78, 5) is 40.0. The summed E-state index contributed by atoms with van der Waals surface area (Å²) >= 11 is 0. The van der Waals surface area contributed by atoms with E-state index >= 15 is 0 Å². The molecule has 0 aliphatic carbocycles. The van der Waals surface area contributed by atoms with Gasteiger partial charge in [0, 0.05) is 23.6 Å². The molecule has 1 atom stereocenters. The fourth-order valence-corrected chi connectivity index (χ4v) is 4.54. The van der Waals surface area contributed by atoms with Crippen LogP contribution in [-0.2, 0) is 11.2 Å². The normalized spacial score (nSPS) is 12.2. The smallest absolute Gasteiger partial charge is 0.254 e. The van der Waals surface area contributed by atoms with Crippen molar-refractivity contribution in [2.75, 3.05) is 5.73 Å². The monoisotopic (exact) mass is 528 g/mol. The van der Waals surface area contributed by atoms with Crippen LogP contribution in [0.1, 0.15) is 73.2 Å². The number of benzene rings is 3. The van der Waals surface area contributed by atoms with Crippen LogP contribution in [0.2, 0.25) is 0 Å². The van der Waals surface area contributed by atoms with Crippen LogP contribution in [0.25, 0.3) is 11.1 Å². The van der Waals surface area contributed by atoms with Gasteiger partial charge in [-0.05, 0) is 69.7 Å². The number of anilines is 1. The molecule has 0 spiro atoms.